The molecule has 2 aromatic carbocycles. The minimum Gasteiger partial charge on any atom is -0.511 e. The maximum Gasteiger partial charge on any atom is 0.417 e. The molecule has 29 heavy (non-hydrogen) atoms. The fourth-order valence-corrected chi connectivity index (χ4v) is 4.72. The highest BCUT2D eigenvalue weighted by atomic mass is 35.5. The first kappa shape index (κ1) is 20.0. The molecule has 0 heterocycles. The van der Waals surface area contributed by atoms with Gasteiger partial charge in [0.25, 0.3) is 0 Å². The first-order valence-electron chi connectivity index (χ1n) is 9.62. The van der Waals surface area contributed by atoms with E-state index in [-0.39, 0.29) is 39.5 Å². The van der Waals surface area contributed by atoms with Gasteiger partial charge in [0, 0.05) is 16.9 Å². The summed E-state index contributed by atoms with van der Waals surface area (Å²) in [6.45, 7) is 1.80. The second-order valence-corrected chi connectivity index (χ2v) is 8.34. The second-order valence-electron chi connectivity index (χ2n) is 7.90. The number of aryl methyl sites for hydroxylation is 1. The van der Waals surface area contributed by atoms with Crippen LogP contribution in [-0.2, 0) is 11.0 Å². The Morgan fingerprint density at radius 2 is 1.76 bits per heavy atom. The predicted octanol–water partition coefficient (Wildman–Crippen LogP) is 6.99. The van der Waals surface area contributed by atoms with Gasteiger partial charge in [-0.15, -0.1) is 0 Å². The summed E-state index contributed by atoms with van der Waals surface area (Å²) < 4.78 is 40.7. The van der Waals surface area contributed by atoms with Gasteiger partial charge in [-0.2, -0.15) is 13.2 Å². The van der Waals surface area contributed by atoms with Crippen LogP contribution in [0.1, 0.15) is 42.4 Å². The average Bonchev–Trinajstić information content (AvgIpc) is 2.68. The number of hydrogen-bond donors (Lipinski definition) is 1. The molecule has 6 heteroatoms. The van der Waals surface area contributed by atoms with Gasteiger partial charge in [-0.1, -0.05) is 36.2 Å². The Hall–Kier alpha value is -2.27. The molecule has 2 aliphatic rings. The van der Waals surface area contributed by atoms with Crippen LogP contribution in [-0.4, -0.2) is 10.9 Å². The minimum atomic E-state index is -4.57. The third kappa shape index (κ3) is 3.57. The number of aliphatic hydroxyl groups excluding tert-OH is 1. The molecular formula is C23H20ClF3O2. The van der Waals surface area contributed by atoms with E-state index in [0.29, 0.717) is 17.5 Å². The fourth-order valence-electron chi connectivity index (χ4n) is 4.54. The lowest BCUT2D eigenvalue weighted by atomic mass is 9.70. The van der Waals surface area contributed by atoms with Crippen molar-refractivity contribution < 1.29 is 23.1 Å². The van der Waals surface area contributed by atoms with Crippen molar-refractivity contribution in [3.8, 4) is 11.1 Å². The number of halogens is 4. The summed E-state index contributed by atoms with van der Waals surface area (Å²) >= 11 is 5.80. The number of hydrogen-bond acceptors (Lipinski definition) is 2. The van der Waals surface area contributed by atoms with Crippen LogP contribution in [0.25, 0.3) is 16.7 Å². The Kier molecular flexibility index (Phi) is 4.97. The van der Waals surface area contributed by atoms with Crippen LogP contribution < -0.4 is 0 Å². The molecule has 2 nitrogen and oxygen atoms in total. The van der Waals surface area contributed by atoms with Crippen molar-refractivity contribution in [3.63, 3.8) is 0 Å². The molecule has 0 aliphatic heterocycles. The number of ketones is 1. The number of rotatable bonds is 2. The highest BCUT2D eigenvalue weighted by Crippen LogP contribution is 2.45. The molecule has 0 radical (unpaired) electrons. The summed E-state index contributed by atoms with van der Waals surface area (Å²) in [7, 11) is 0. The Bertz CT molecular complexity index is 1020. The maximum atomic E-state index is 13.6. The van der Waals surface area contributed by atoms with Crippen LogP contribution in [0.3, 0.4) is 0 Å². The standard InChI is InChI=1S/C23H20ClF3O2/c1-12-5-6-13(17-8-7-16(24)11-19(17)23(25,26)27)10-18(12)20-21(28)14-3-2-4-15(9-14)22(20)29/h5-8,10-11,14-15,28H,2-4,9H2,1H3. The van der Waals surface area contributed by atoms with Gasteiger partial charge in [0.15, 0.2) is 5.78 Å². The number of fused-ring (bicyclic) bond motifs is 2. The van der Waals surface area contributed by atoms with Crippen molar-refractivity contribution in [1.29, 1.82) is 0 Å². The molecule has 1 saturated carbocycles. The number of Topliss-reactive ketones (excluding diaryl/α,β-unsaturated/α-hetero) is 1. The van der Waals surface area contributed by atoms with E-state index in [9.17, 15) is 23.1 Å². The van der Waals surface area contributed by atoms with Crippen LogP contribution >= 0.6 is 11.6 Å². The van der Waals surface area contributed by atoms with Crippen LogP contribution in [0.4, 0.5) is 13.2 Å². The number of carbonyl (C=O) groups excluding carboxylic acids is 1. The molecule has 1 fully saturated rings. The molecular weight excluding hydrogens is 401 g/mol. The van der Waals surface area contributed by atoms with Gasteiger partial charge in [0.1, 0.15) is 5.76 Å². The topological polar surface area (TPSA) is 37.3 Å². The second kappa shape index (κ2) is 7.21. The third-order valence-electron chi connectivity index (χ3n) is 6.04. The van der Waals surface area contributed by atoms with Crippen molar-refractivity contribution in [2.75, 3.05) is 0 Å². The highest BCUT2D eigenvalue weighted by Gasteiger charge is 2.39. The van der Waals surface area contributed by atoms with Gasteiger partial charge in [-0.3, -0.25) is 4.79 Å². The number of carbonyl (C=O) groups is 1. The first-order valence-corrected chi connectivity index (χ1v) is 10.00. The van der Waals surface area contributed by atoms with E-state index in [1.54, 1.807) is 25.1 Å². The van der Waals surface area contributed by atoms with Crippen LogP contribution in [0, 0.1) is 18.8 Å². The van der Waals surface area contributed by atoms with E-state index in [1.807, 2.05) is 0 Å². The van der Waals surface area contributed by atoms with E-state index in [0.717, 1.165) is 30.9 Å². The van der Waals surface area contributed by atoms with Crippen molar-refractivity contribution in [1.82, 2.24) is 0 Å². The molecule has 2 unspecified atom stereocenters. The zero-order valence-corrected chi connectivity index (χ0v) is 16.6. The quantitative estimate of drug-likeness (QED) is 0.568. The molecule has 0 spiro atoms. The Balaban J connectivity index is 1.88. The number of aliphatic hydroxyl groups is 1. The van der Waals surface area contributed by atoms with E-state index < -0.39 is 11.7 Å². The molecule has 152 valence electrons. The summed E-state index contributed by atoms with van der Waals surface area (Å²) in [6.07, 6.45) is -1.39. The van der Waals surface area contributed by atoms with Crippen molar-refractivity contribution in [2.45, 2.75) is 38.8 Å². The van der Waals surface area contributed by atoms with E-state index in [4.69, 9.17) is 11.6 Å². The zero-order chi connectivity index (χ0) is 20.9. The summed E-state index contributed by atoms with van der Waals surface area (Å²) in [5.41, 5.74) is 1.01. The number of alkyl halides is 3. The van der Waals surface area contributed by atoms with Crippen LogP contribution in [0.15, 0.2) is 42.2 Å². The average molecular weight is 421 g/mol. The van der Waals surface area contributed by atoms with Gasteiger partial charge in [0.2, 0.25) is 0 Å². The number of allylic oxidation sites excluding steroid dienone is 2. The smallest absolute Gasteiger partial charge is 0.417 e. The van der Waals surface area contributed by atoms with Gasteiger partial charge in [-0.05, 0) is 66.6 Å². The molecule has 4 rings (SSSR count). The third-order valence-corrected chi connectivity index (χ3v) is 6.27. The van der Waals surface area contributed by atoms with Crippen LogP contribution in [0.2, 0.25) is 5.02 Å². The summed E-state index contributed by atoms with van der Waals surface area (Å²) in [4.78, 5) is 13.0. The Morgan fingerprint density at radius 1 is 1.03 bits per heavy atom. The lowest BCUT2D eigenvalue weighted by molar-refractivity contribution is -0.137. The van der Waals surface area contributed by atoms with Gasteiger partial charge < -0.3 is 5.11 Å². The van der Waals surface area contributed by atoms with Crippen LogP contribution in [0.5, 0.6) is 0 Å². The van der Waals surface area contributed by atoms with E-state index in [2.05, 4.69) is 0 Å². The molecule has 2 aliphatic carbocycles. The van der Waals surface area contributed by atoms with E-state index >= 15 is 0 Å². The van der Waals surface area contributed by atoms with Gasteiger partial charge in [-0.25, -0.2) is 0 Å². The lowest BCUT2D eigenvalue weighted by Crippen LogP contribution is -2.31. The largest absolute Gasteiger partial charge is 0.511 e. The molecule has 0 aromatic heterocycles. The summed E-state index contributed by atoms with van der Waals surface area (Å²) in [5.74, 6) is -0.195. The Morgan fingerprint density at radius 3 is 2.48 bits per heavy atom. The first-order chi connectivity index (χ1) is 13.7. The minimum absolute atomic E-state index is 0.00375. The maximum absolute atomic E-state index is 13.6. The van der Waals surface area contributed by atoms with Gasteiger partial charge >= 0.3 is 6.18 Å². The molecule has 2 atom stereocenters. The molecule has 2 bridgehead atoms. The lowest BCUT2D eigenvalue weighted by Gasteiger charge is -2.34. The van der Waals surface area contributed by atoms with Gasteiger partial charge in [0.05, 0.1) is 11.1 Å². The predicted molar refractivity (Wildman–Crippen MR) is 107 cm³/mol. The van der Waals surface area contributed by atoms with Crippen molar-refractivity contribution in [2.24, 2.45) is 11.8 Å². The van der Waals surface area contributed by atoms with Crippen molar-refractivity contribution in [3.05, 3.63) is 63.9 Å². The zero-order valence-electron chi connectivity index (χ0n) is 15.8. The van der Waals surface area contributed by atoms with E-state index in [1.165, 1.54) is 12.1 Å². The Labute approximate surface area is 172 Å². The molecule has 0 amide bonds. The van der Waals surface area contributed by atoms with Crippen molar-refractivity contribution >= 4 is 23.0 Å². The highest BCUT2D eigenvalue weighted by molar-refractivity contribution is 6.30. The summed E-state index contributed by atoms with van der Waals surface area (Å²) in [5, 5.41) is 10.8. The monoisotopic (exact) mass is 420 g/mol. The molecule has 2 aromatic rings. The SMILES string of the molecule is Cc1ccc(-c2ccc(Cl)cc2C(F)(F)F)cc1C1=C(O)C2CCCC(C2)C1=O. The summed E-state index contributed by atoms with van der Waals surface area (Å²) in [6, 6.07) is 8.53. The molecule has 1 N–H and O–H groups in total. The fraction of sp³-hybridized carbons (Fsp3) is 0.348. The molecule has 0 saturated heterocycles. The number of benzene rings is 2. The normalized spacial score (nSPS) is 22.2.